The molecule has 0 radical (unpaired) electrons. The van der Waals surface area contributed by atoms with Crippen LogP contribution in [0.2, 0.25) is 0 Å². The molecule has 0 bridgehead atoms. The second kappa shape index (κ2) is 16.2. The minimum absolute atomic E-state index is 0.139. The zero-order valence-electron chi connectivity index (χ0n) is 31.3. The number of anilines is 2. The summed E-state index contributed by atoms with van der Waals surface area (Å²) in [5, 5.41) is 7.97. The number of carbonyl (C=O) groups excluding carboxylic acids is 4. The molecule has 0 unspecified atom stereocenters. The van der Waals surface area contributed by atoms with E-state index in [4.69, 9.17) is 20.2 Å². The summed E-state index contributed by atoms with van der Waals surface area (Å²) >= 11 is 1.33. The second-order valence-corrected chi connectivity index (χ2v) is 16.4. The summed E-state index contributed by atoms with van der Waals surface area (Å²) in [4.78, 5) is 75.1. The number of ether oxygens (including phenoxy) is 2. The molecule has 3 amide bonds. The molecule has 4 rings (SSSR count). The van der Waals surface area contributed by atoms with Gasteiger partial charge in [0, 0.05) is 48.1 Å². The molecular formula is C36H51N8O7S+. The lowest BCUT2D eigenvalue weighted by atomic mass is 9.93. The number of hydrogen-bond acceptors (Lipinski definition) is 11. The Balaban J connectivity index is 1.57. The van der Waals surface area contributed by atoms with E-state index in [-0.39, 0.29) is 41.1 Å². The highest BCUT2D eigenvalue weighted by atomic mass is 32.1. The number of esters is 1. The molecule has 0 spiro atoms. The molecule has 4 heterocycles. The van der Waals surface area contributed by atoms with E-state index in [0.29, 0.717) is 48.5 Å². The molecule has 15 nitrogen and oxygen atoms in total. The van der Waals surface area contributed by atoms with Crippen LogP contribution in [0.25, 0.3) is 11.7 Å². The number of nitrogens with zero attached hydrogens (tertiary/aromatic N) is 5. The van der Waals surface area contributed by atoms with E-state index in [9.17, 15) is 24.0 Å². The van der Waals surface area contributed by atoms with E-state index in [1.165, 1.54) is 46.2 Å². The average molecular weight is 740 g/mol. The molecule has 3 aromatic rings. The van der Waals surface area contributed by atoms with Crippen LogP contribution >= 0.6 is 11.3 Å². The fourth-order valence-electron chi connectivity index (χ4n) is 5.62. The molecule has 0 saturated carbocycles. The molecular weight excluding hydrogens is 689 g/mol. The van der Waals surface area contributed by atoms with Crippen molar-refractivity contribution in [1.29, 1.82) is 0 Å². The number of piperidine rings is 1. The number of carbonyl (C=O) groups is 4. The Labute approximate surface area is 307 Å². The Morgan fingerprint density at radius 2 is 1.87 bits per heavy atom. The Bertz CT molecular complexity index is 1890. The third-order valence-corrected chi connectivity index (χ3v) is 8.90. The van der Waals surface area contributed by atoms with Gasteiger partial charge in [-0.05, 0) is 51.8 Å². The molecule has 16 heteroatoms. The number of hydrogen-bond donors (Lipinski definition) is 3. The standard InChI is InChI=1S/C36H50N8O7S/c1-35(2,3)26-22-52-33(39-26)41-31(47)23-14-17-43-28(19-23)40-30(25(32(43)48)12-13-29(46)51-36(4,5)6)42-16-9-11-24(20-42)50-34(49)38-15-10-18-44(7,8)21-27(37)45/h12-14,17,19,22,24H,9-11,15-16,18,20-21H2,1-8H3,(H3-,37,38,39,41,45,47,49)/p+1/b13-12+/t24-/m1/s1. The van der Waals surface area contributed by atoms with Gasteiger partial charge in [0.15, 0.2) is 11.7 Å². The Morgan fingerprint density at radius 3 is 2.52 bits per heavy atom. The molecule has 1 aliphatic heterocycles. The summed E-state index contributed by atoms with van der Waals surface area (Å²) < 4.78 is 12.9. The normalized spacial score (nSPS) is 15.5. The lowest BCUT2D eigenvalue weighted by molar-refractivity contribution is -0.882. The Kier molecular flexibility index (Phi) is 12.5. The summed E-state index contributed by atoms with van der Waals surface area (Å²) in [6.07, 6.45) is 4.82. The first-order valence-corrected chi connectivity index (χ1v) is 18.1. The van der Waals surface area contributed by atoms with Crippen molar-refractivity contribution in [3.63, 3.8) is 0 Å². The van der Waals surface area contributed by atoms with E-state index in [0.717, 1.165) is 5.69 Å². The van der Waals surface area contributed by atoms with Gasteiger partial charge in [-0.2, -0.15) is 0 Å². The third-order valence-electron chi connectivity index (χ3n) is 8.14. The number of rotatable bonds is 12. The molecule has 0 aliphatic carbocycles. The topological polar surface area (TPSA) is 187 Å². The van der Waals surface area contributed by atoms with Gasteiger partial charge in [0.25, 0.3) is 17.4 Å². The number of likely N-dealkylation sites (N-methyl/N-ethyl adjacent to an activating group) is 1. The van der Waals surface area contributed by atoms with E-state index < -0.39 is 41.1 Å². The molecule has 4 N–H and O–H groups in total. The molecule has 3 aromatic heterocycles. The fraction of sp³-hybridized carbons (Fsp3) is 0.528. The van der Waals surface area contributed by atoms with Crippen LogP contribution < -0.4 is 26.8 Å². The van der Waals surface area contributed by atoms with Crippen LogP contribution in [0.5, 0.6) is 0 Å². The molecule has 1 aliphatic rings. The highest BCUT2D eigenvalue weighted by molar-refractivity contribution is 7.14. The number of aromatic nitrogens is 3. The Hall–Kier alpha value is -4.83. The van der Waals surface area contributed by atoms with Crippen molar-refractivity contribution < 1.29 is 33.1 Å². The predicted molar refractivity (Wildman–Crippen MR) is 200 cm³/mol. The summed E-state index contributed by atoms with van der Waals surface area (Å²) in [5.41, 5.74) is 5.45. The number of pyridine rings is 1. The summed E-state index contributed by atoms with van der Waals surface area (Å²) in [6, 6.07) is 3.04. The van der Waals surface area contributed by atoms with Crippen LogP contribution in [0, 0.1) is 0 Å². The van der Waals surface area contributed by atoms with Gasteiger partial charge in [-0.3, -0.25) is 24.1 Å². The highest BCUT2D eigenvalue weighted by Gasteiger charge is 2.28. The first kappa shape index (κ1) is 39.9. The van der Waals surface area contributed by atoms with Gasteiger partial charge in [-0.15, -0.1) is 11.3 Å². The van der Waals surface area contributed by atoms with E-state index in [1.54, 1.807) is 20.8 Å². The molecule has 282 valence electrons. The zero-order chi connectivity index (χ0) is 38.4. The van der Waals surface area contributed by atoms with Crippen molar-refractivity contribution in [3.05, 3.63) is 57.0 Å². The molecule has 52 heavy (non-hydrogen) atoms. The van der Waals surface area contributed by atoms with Gasteiger partial charge in [0.05, 0.1) is 38.4 Å². The number of amides is 3. The maximum Gasteiger partial charge on any atom is 0.407 e. The van der Waals surface area contributed by atoms with Gasteiger partial charge in [-0.25, -0.2) is 19.6 Å². The van der Waals surface area contributed by atoms with Gasteiger partial charge < -0.3 is 29.9 Å². The highest BCUT2D eigenvalue weighted by Crippen LogP contribution is 2.27. The summed E-state index contributed by atoms with van der Waals surface area (Å²) in [6.45, 7) is 13.3. The number of primary amides is 1. The minimum Gasteiger partial charge on any atom is -0.457 e. The van der Waals surface area contributed by atoms with E-state index >= 15 is 0 Å². The third kappa shape index (κ3) is 11.3. The van der Waals surface area contributed by atoms with Crippen LogP contribution in [0.3, 0.4) is 0 Å². The number of fused-ring (bicyclic) bond motifs is 1. The monoisotopic (exact) mass is 739 g/mol. The molecule has 1 fully saturated rings. The largest absolute Gasteiger partial charge is 0.457 e. The number of alkyl carbamates (subject to hydrolysis) is 1. The quantitative estimate of drug-likeness (QED) is 0.107. The van der Waals surface area contributed by atoms with E-state index in [2.05, 4.69) is 15.6 Å². The smallest absolute Gasteiger partial charge is 0.407 e. The summed E-state index contributed by atoms with van der Waals surface area (Å²) in [7, 11) is 3.79. The van der Waals surface area contributed by atoms with Gasteiger partial charge >= 0.3 is 12.1 Å². The van der Waals surface area contributed by atoms with Gasteiger partial charge in [0.1, 0.15) is 23.2 Å². The van der Waals surface area contributed by atoms with Crippen molar-refractivity contribution in [2.24, 2.45) is 5.73 Å². The predicted octanol–water partition coefficient (Wildman–Crippen LogP) is 3.70. The van der Waals surface area contributed by atoms with Crippen molar-refractivity contribution in [3.8, 4) is 0 Å². The first-order chi connectivity index (χ1) is 24.2. The van der Waals surface area contributed by atoms with Crippen molar-refractivity contribution in [2.45, 2.75) is 77.9 Å². The molecule has 1 atom stereocenters. The SMILES string of the molecule is CC(C)(C)OC(=O)/C=C/c1c(N2CCC[C@@H](OC(=O)NCCC[N+](C)(C)CC(N)=O)C2)nc2cc(C(=O)Nc3nc(C(C)(C)C)cs3)ccn2c1=O. The lowest BCUT2D eigenvalue weighted by Gasteiger charge is -2.34. The fourth-order valence-corrected chi connectivity index (χ4v) is 6.55. The number of nitrogens with two attached hydrogens (primary N) is 1. The number of quaternary nitrogens is 1. The van der Waals surface area contributed by atoms with Crippen LogP contribution in [0.15, 0.2) is 34.6 Å². The summed E-state index contributed by atoms with van der Waals surface area (Å²) in [5.74, 6) is -1.14. The van der Waals surface area contributed by atoms with E-state index in [1.807, 2.05) is 45.1 Å². The Morgan fingerprint density at radius 1 is 1.13 bits per heavy atom. The first-order valence-electron chi connectivity index (χ1n) is 17.3. The zero-order valence-corrected chi connectivity index (χ0v) is 32.1. The van der Waals surface area contributed by atoms with Crippen LogP contribution in [0.4, 0.5) is 15.7 Å². The number of thiazole rings is 1. The maximum absolute atomic E-state index is 14.0. The van der Waals surface area contributed by atoms with Crippen LogP contribution in [0.1, 0.15) is 82.4 Å². The average Bonchev–Trinajstić information content (AvgIpc) is 3.50. The molecule has 1 saturated heterocycles. The lowest BCUT2D eigenvalue weighted by Crippen LogP contribution is -2.47. The molecule has 0 aromatic carbocycles. The maximum atomic E-state index is 14.0. The van der Waals surface area contributed by atoms with Gasteiger partial charge in [-0.1, -0.05) is 20.8 Å². The van der Waals surface area contributed by atoms with Crippen molar-refractivity contribution in [1.82, 2.24) is 19.7 Å². The minimum atomic E-state index is -0.734. The second-order valence-electron chi connectivity index (χ2n) is 15.6. The van der Waals surface area contributed by atoms with Crippen LogP contribution in [-0.4, -0.2) is 101 Å². The van der Waals surface area contributed by atoms with Crippen molar-refractivity contribution in [2.75, 3.05) is 57.0 Å². The van der Waals surface area contributed by atoms with Crippen molar-refractivity contribution >= 4 is 57.9 Å². The van der Waals surface area contributed by atoms with Gasteiger partial charge in [0.2, 0.25) is 0 Å². The van der Waals surface area contributed by atoms with Crippen LogP contribution in [-0.2, 0) is 24.5 Å². The number of nitrogens with one attached hydrogen (secondary N) is 2.